The van der Waals surface area contributed by atoms with Crippen LogP contribution in [0.1, 0.15) is 52.2 Å². The molecule has 28 heavy (non-hydrogen) atoms. The molecule has 1 fully saturated rings. The molecule has 1 aromatic carbocycles. The minimum Gasteiger partial charge on any atom is -0.340 e. The molecule has 0 radical (unpaired) electrons. The molecule has 4 rings (SSSR count). The fraction of sp³-hybridized carbons (Fsp3) is 0.381. The fourth-order valence-corrected chi connectivity index (χ4v) is 3.65. The largest absolute Gasteiger partial charge is 0.340 e. The first kappa shape index (κ1) is 18.3. The summed E-state index contributed by atoms with van der Waals surface area (Å²) in [6.07, 6.45) is 3.63. The van der Waals surface area contributed by atoms with E-state index in [1.807, 2.05) is 43.0 Å². The predicted octanol–water partition coefficient (Wildman–Crippen LogP) is 3.47. The number of benzene rings is 1. The number of rotatable bonds is 3. The van der Waals surface area contributed by atoms with E-state index >= 15 is 0 Å². The lowest BCUT2D eigenvalue weighted by Crippen LogP contribution is -2.39. The van der Waals surface area contributed by atoms with Crippen molar-refractivity contribution in [3.05, 3.63) is 59.1 Å². The van der Waals surface area contributed by atoms with Gasteiger partial charge in [-0.1, -0.05) is 17.3 Å². The molecular formula is C21H23N5O2. The van der Waals surface area contributed by atoms with Crippen LogP contribution in [-0.2, 0) is 0 Å². The van der Waals surface area contributed by atoms with Gasteiger partial charge in [-0.05, 0) is 38.8 Å². The van der Waals surface area contributed by atoms with Crippen LogP contribution in [0.3, 0.4) is 0 Å². The number of hydrogen-bond acceptors (Lipinski definition) is 6. The Morgan fingerprint density at radius 1 is 1.21 bits per heavy atom. The summed E-state index contributed by atoms with van der Waals surface area (Å²) in [5.74, 6) is 1.38. The molecular weight excluding hydrogens is 354 g/mol. The van der Waals surface area contributed by atoms with Gasteiger partial charge in [-0.2, -0.15) is 4.98 Å². The highest BCUT2D eigenvalue weighted by molar-refractivity contribution is 5.95. The molecule has 1 atom stereocenters. The van der Waals surface area contributed by atoms with E-state index in [4.69, 9.17) is 4.52 Å². The second-order valence-electron chi connectivity index (χ2n) is 7.29. The second-order valence-corrected chi connectivity index (χ2v) is 7.29. The maximum atomic E-state index is 13.1. The molecule has 7 heteroatoms. The Bertz CT molecular complexity index is 1010. The number of aromatic nitrogens is 4. The zero-order chi connectivity index (χ0) is 19.7. The number of likely N-dealkylation sites (tertiary alicyclic amines) is 1. The van der Waals surface area contributed by atoms with Crippen LogP contribution in [0.15, 0.2) is 35.0 Å². The summed E-state index contributed by atoms with van der Waals surface area (Å²) in [4.78, 5) is 28.3. The average molecular weight is 377 g/mol. The predicted molar refractivity (Wildman–Crippen MR) is 104 cm³/mol. The van der Waals surface area contributed by atoms with Crippen LogP contribution in [0.4, 0.5) is 0 Å². The quantitative estimate of drug-likeness (QED) is 0.695. The van der Waals surface area contributed by atoms with Crippen molar-refractivity contribution in [2.24, 2.45) is 0 Å². The molecule has 7 nitrogen and oxygen atoms in total. The van der Waals surface area contributed by atoms with Gasteiger partial charge in [0.25, 0.3) is 5.91 Å². The molecule has 0 N–H and O–H groups in total. The van der Waals surface area contributed by atoms with Crippen molar-refractivity contribution in [2.45, 2.75) is 39.5 Å². The first-order chi connectivity index (χ1) is 13.5. The van der Waals surface area contributed by atoms with Gasteiger partial charge in [-0.3, -0.25) is 9.78 Å². The van der Waals surface area contributed by atoms with Gasteiger partial charge in [0.2, 0.25) is 5.89 Å². The van der Waals surface area contributed by atoms with Crippen molar-refractivity contribution in [1.29, 1.82) is 0 Å². The number of amides is 1. The number of carbonyl (C=O) groups is 1. The topological polar surface area (TPSA) is 85.0 Å². The van der Waals surface area contributed by atoms with Crippen molar-refractivity contribution in [1.82, 2.24) is 25.0 Å². The van der Waals surface area contributed by atoms with E-state index in [1.165, 1.54) is 0 Å². The highest BCUT2D eigenvalue weighted by Gasteiger charge is 2.28. The van der Waals surface area contributed by atoms with E-state index in [2.05, 4.69) is 20.1 Å². The van der Waals surface area contributed by atoms with Gasteiger partial charge in [0.1, 0.15) is 0 Å². The average Bonchev–Trinajstić information content (AvgIpc) is 3.16. The van der Waals surface area contributed by atoms with Crippen LogP contribution in [0, 0.1) is 20.8 Å². The van der Waals surface area contributed by atoms with Crippen molar-refractivity contribution < 1.29 is 9.32 Å². The normalized spacial score (nSPS) is 17.0. The summed E-state index contributed by atoms with van der Waals surface area (Å²) >= 11 is 0. The minimum atomic E-state index is 0.0185. The highest BCUT2D eigenvalue weighted by atomic mass is 16.5. The number of aryl methyl sites for hydroxylation is 3. The molecule has 0 spiro atoms. The summed E-state index contributed by atoms with van der Waals surface area (Å²) in [7, 11) is 0. The third-order valence-electron chi connectivity index (χ3n) is 5.08. The van der Waals surface area contributed by atoms with Gasteiger partial charge in [0, 0.05) is 43.3 Å². The molecule has 0 saturated carbocycles. The summed E-state index contributed by atoms with van der Waals surface area (Å²) in [5.41, 5.74) is 4.08. The number of carbonyl (C=O) groups excluding carboxylic acids is 1. The molecule has 3 heterocycles. The van der Waals surface area contributed by atoms with E-state index in [1.54, 1.807) is 13.1 Å². The summed E-state index contributed by atoms with van der Waals surface area (Å²) in [6, 6.07) is 7.62. The van der Waals surface area contributed by atoms with Crippen molar-refractivity contribution in [2.75, 3.05) is 13.1 Å². The molecule has 2 aromatic heterocycles. The van der Waals surface area contributed by atoms with E-state index in [0.717, 1.165) is 42.0 Å². The van der Waals surface area contributed by atoms with E-state index in [-0.39, 0.29) is 11.8 Å². The summed E-state index contributed by atoms with van der Waals surface area (Å²) in [5, 5.41) is 4.04. The Kier molecular flexibility index (Phi) is 4.90. The number of hydrogen-bond donors (Lipinski definition) is 0. The monoisotopic (exact) mass is 377 g/mol. The van der Waals surface area contributed by atoms with Gasteiger partial charge in [-0.15, -0.1) is 0 Å². The minimum absolute atomic E-state index is 0.0185. The highest BCUT2D eigenvalue weighted by Crippen LogP contribution is 2.27. The van der Waals surface area contributed by atoms with Crippen LogP contribution >= 0.6 is 0 Å². The second kappa shape index (κ2) is 7.50. The van der Waals surface area contributed by atoms with E-state index in [0.29, 0.717) is 23.8 Å². The van der Waals surface area contributed by atoms with Gasteiger partial charge in [0.05, 0.1) is 17.1 Å². The maximum Gasteiger partial charge on any atom is 0.253 e. The molecule has 1 amide bonds. The lowest BCUT2D eigenvalue weighted by atomic mass is 9.96. The molecule has 0 aliphatic carbocycles. The molecule has 1 saturated heterocycles. The Labute approximate surface area is 163 Å². The van der Waals surface area contributed by atoms with E-state index in [9.17, 15) is 4.79 Å². The number of nitrogens with zero attached hydrogens (tertiary/aromatic N) is 5. The maximum absolute atomic E-state index is 13.1. The summed E-state index contributed by atoms with van der Waals surface area (Å²) < 4.78 is 5.11. The zero-order valence-corrected chi connectivity index (χ0v) is 16.3. The van der Waals surface area contributed by atoms with Gasteiger partial charge >= 0.3 is 0 Å². The Hall–Kier alpha value is -3.09. The van der Waals surface area contributed by atoms with Gasteiger partial charge in [0.15, 0.2) is 5.82 Å². The smallest absolute Gasteiger partial charge is 0.253 e. The Balaban J connectivity index is 1.57. The molecule has 144 valence electrons. The molecule has 1 aliphatic rings. The van der Waals surface area contributed by atoms with Gasteiger partial charge in [-0.25, -0.2) is 4.98 Å². The van der Waals surface area contributed by atoms with Crippen molar-refractivity contribution in [3.8, 4) is 11.3 Å². The first-order valence-electron chi connectivity index (χ1n) is 9.51. The van der Waals surface area contributed by atoms with Crippen LogP contribution in [0.2, 0.25) is 0 Å². The fourth-order valence-electron chi connectivity index (χ4n) is 3.65. The SMILES string of the molecule is Cc1cnc(C)c(-c2cccc(C(=O)N3CCC[C@@H](c4noc(C)n4)C3)c2)n1. The van der Waals surface area contributed by atoms with E-state index < -0.39 is 0 Å². The van der Waals surface area contributed by atoms with Crippen LogP contribution in [-0.4, -0.2) is 44.0 Å². The van der Waals surface area contributed by atoms with Crippen molar-refractivity contribution in [3.63, 3.8) is 0 Å². The van der Waals surface area contributed by atoms with Crippen LogP contribution < -0.4 is 0 Å². The van der Waals surface area contributed by atoms with Crippen molar-refractivity contribution >= 4 is 5.91 Å². The third kappa shape index (κ3) is 3.65. The Morgan fingerprint density at radius 2 is 2.07 bits per heavy atom. The third-order valence-corrected chi connectivity index (χ3v) is 5.08. The van der Waals surface area contributed by atoms with Gasteiger partial charge < -0.3 is 9.42 Å². The number of piperidine rings is 1. The molecule has 3 aromatic rings. The summed E-state index contributed by atoms with van der Waals surface area (Å²) in [6.45, 7) is 6.96. The molecule has 0 bridgehead atoms. The zero-order valence-electron chi connectivity index (χ0n) is 16.3. The lowest BCUT2D eigenvalue weighted by Gasteiger charge is -2.31. The first-order valence-corrected chi connectivity index (χ1v) is 9.51. The molecule has 0 unspecified atom stereocenters. The van der Waals surface area contributed by atoms with Crippen LogP contribution in [0.5, 0.6) is 0 Å². The standard InChI is InChI=1S/C21H23N5O2/c1-13-11-22-14(2)19(23-13)16-6-4-7-17(10-16)21(27)26-9-5-8-18(12-26)20-24-15(3)28-25-20/h4,6-7,10-11,18H,5,8-9,12H2,1-3H3/t18-/m1/s1. The van der Waals surface area contributed by atoms with Crippen LogP contribution in [0.25, 0.3) is 11.3 Å². The lowest BCUT2D eigenvalue weighted by molar-refractivity contribution is 0.0703. The Morgan fingerprint density at radius 3 is 2.86 bits per heavy atom. The molecule has 1 aliphatic heterocycles.